The van der Waals surface area contributed by atoms with Gasteiger partial charge in [-0.15, -0.1) is 10.2 Å². The number of furan rings is 1. The standard InChI is InChI=1S/C23H28FN5O3S/c1-17-3-8-20(32-17)15-27(2)21(30)16-33-23-26-25-22(18-4-6-19(24)7-5-18)29(23)10-9-28-11-13-31-14-12-28/h3-8H,9-16H2,1-2H3. The first-order chi connectivity index (χ1) is 16.0. The van der Waals surface area contributed by atoms with E-state index in [-0.39, 0.29) is 17.5 Å². The number of ether oxygens (including phenoxy) is 1. The second-order valence-corrected chi connectivity index (χ2v) is 8.91. The molecular formula is C23H28FN5O3S. The number of thioether (sulfide) groups is 1. The molecule has 1 aliphatic rings. The summed E-state index contributed by atoms with van der Waals surface area (Å²) in [5.74, 6) is 2.14. The van der Waals surface area contributed by atoms with Gasteiger partial charge in [-0.05, 0) is 43.3 Å². The average molecular weight is 474 g/mol. The van der Waals surface area contributed by atoms with E-state index in [0.29, 0.717) is 24.1 Å². The van der Waals surface area contributed by atoms with Gasteiger partial charge in [0.25, 0.3) is 0 Å². The van der Waals surface area contributed by atoms with Crippen LogP contribution in [0.25, 0.3) is 11.4 Å². The number of carbonyl (C=O) groups excluding carboxylic acids is 1. The molecule has 0 atom stereocenters. The Kier molecular flexibility index (Phi) is 7.79. The van der Waals surface area contributed by atoms with Crippen molar-refractivity contribution in [1.82, 2.24) is 24.6 Å². The summed E-state index contributed by atoms with van der Waals surface area (Å²) in [6, 6.07) is 9.99. The highest BCUT2D eigenvalue weighted by Crippen LogP contribution is 2.25. The highest BCUT2D eigenvalue weighted by atomic mass is 32.2. The smallest absolute Gasteiger partial charge is 0.233 e. The zero-order chi connectivity index (χ0) is 23.2. The van der Waals surface area contributed by atoms with Crippen LogP contribution >= 0.6 is 11.8 Å². The molecule has 1 aromatic carbocycles. The highest BCUT2D eigenvalue weighted by molar-refractivity contribution is 7.99. The van der Waals surface area contributed by atoms with Crippen molar-refractivity contribution >= 4 is 17.7 Å². The quantitative estimate of drug-likeness (QED) is 0.442. The molecule has 0 N–H and O–H groups in total. The molecule has 4 rings (SSSR count). The average Bonchev–Trinajstić information content (AvgIpc) is 3.42. The van der Waals surface area contributed by atoms with Crippen LogP contribution in [0.1, 0.15) is 11.5 Å². The molecule has 1 amide bonds. The highest BCUT2D eigenvalue weighted by Gasteiger charge is 2.19. The molecule has 8 nitrogen and oxygen atoms in total. The Morgan fingerprint density at radius 1 is 1.12 bits per heavy atom. The Hall–Kier alpha value is -2.69. The number of hydrogen-bond acceptors (Lipinski definition) is 7. The fourth-order valence-corrected chi connectivity index (χ4v) is 4.51. The summed E-state index contributed by atoms with van der Waals surface area (Å²) in [7, 11) is 1.76. The second kappa shape index (κ2) is 11.0. The monoisotopic (exact) mass is 473 g/mol. The number of rotatable bonds is 9. The SMILES string of the molecule is Cc1ccc(CN(C)C(=O)CSc2nnc(-c3ccc(F)cc3)n2CCN2CCOCC2)o1. The van der Waals surface area contributed by atoms with Gasteiger partial charge in [0.2, 0.25) is 5.91 Å². The lowest BCUT2D eigenvalue weighted by Crippen LogP contribution is -2.38. The van der Waals surface area contributed by atoms with Gasteiger partial charge in [-0.25, -0.2) is 4.39 Å². The maximum absolute atomic E-state index is 13.4. The van der Waals surface area contributed by atoms with Crippen LogP contribution in [-0.2, 0) is 22.6 Å². The molecule has 0 aliphatic carbocycles. The normalized spacial score (nSPS) is 14.5. The zero-order valence-corrected chi connectivity index (χ0v) is 19.7. The first-order valence-corrected chi connectivity index (χ1v) is 11.9. The molecular weight excluding hydrogens is 445 g/mol. The fourth-order valence-electron chi connectivity index (χ4n) is 3.60. The van der Waals surface area contributed by atoms with E-state index in [2.05, 4.69) is 15.1 Å². The maximum Gasteiger partial charge on any atom is 0.233 e. The number of morpholine rings is 1. The van der Waals surface area contributed by atoms with Crippen LogP contribution in [0.3, 0.4) is 0 Å². The van der Waals surface area contributed by atoms with Crippen LogP contribution < -0.4 is 0 Å². The summed E-state index contributed by atoms with van der Waals surface area (Å²) in [4.78, 5) is 16.7. The van der Waals surface area contributed by atoms with Gasteiger partial charge in [-0.1, -0.05) is 11.8 Å². The van der Waals surface area contributed by atoms with E-state index in [1.807, 2.05) is 23.6 Å². The third-order valence-corrected chi connectivity index (χ3v) is 6.45. The van der Waals surface area contributed by atoms with Crippen molar-refractivity contribution in [1.29, 1.82) is 0 Å². The van der Waals surface area contributed by atoms with E-state index in [1.165, 1.54) is 23.9 Å². The Morgan fingerprint density at radius 2 is 1.88 bits per heavy atom. The van der Waals surface area contributed by atoms with Crippen molar-refractivity contribution in [2.45, 2.75) is 25.2 Å². The lowest BCUT2D eigenvalue weighted by molar-refractivity contribution is -0.127. The van der Waals surface area contributed by atoms with Crippen molar-refractivity contribution in [3.8, 4) is 11.4 Å². The van der Waals surface area contributed by atoms with Crippen LogP contribution in [0, 0.1) is 12.7 Å². The zero-order valence-electron chi connectivity index (χ0n) is 18.9. The molecule has 2 aromatic heterocycles. The Labute approximate surface area is 196 Å². The molecule has 0 radical (unpaired) electrons. The molecule has 0 saturated carbocycles. The molecule has 1 saturated heterocycles. The van der Waals surface area contributed by atoms with Crippen LogP contribution in [0.2, 0.25) is 0 Å². The molecule has 3 heterocycles. The van der Waals surface area contributed by atoms with Crippen LogP contribution in [0.15, 0.2) is 46.0 Å². The summed E-state index contributed by atoms with van der Waals surface area (Å²) in [6.45, 7) is 6.99. The molecule has 0 bridgehead atoms. The fraction of sp³-hybridized carbons (Fsp3) is 0.435. The number of aromatic nitrogens is 3. The first-order valence-electron chi connectivity index (χ1n) is 10.9. The molecule has 1 aliphatic heterocycles. The van der Waals surface area contributed by atoms with E-state index in [9.17, 15) is 9.18 Å². The number of benzene rings is 1. The molecule has 0 spiro atoms. The van der Waals surface area contributed by atoms with Gasteiger partial charge in [0.1, 0.15) is 17.3 Å². The third-order valence-electron chi connectivity index (χ3n) is 5.50. The van der Waals surface area contributed by atoms with E-state index in [4.69, 9.17) is 9.15 Å². The molecule has 3 aromatic rings. The van der Waals surface area contributed by atoms with Gasteiger partial charge in [-0.3, -0.25) is 9.69 Å². The van der Waals surface area contributed by atoms with Gasteiger partial charge < -0.3 is 18.6 Å². The van der Waals surface area contributed by atoms with Crippen LogP contribution in [0.4, 0.5) is 4.39 Å². The van der Waals surface area contributed by atoms with Crippen LogP contribution in [0.5, 0.6) is 0 Å². The van der Waals surface area contributed by atoms with E-state index in [1.54, 1.807) is 24.1 Å². The number of nitrogens with zero attached hydrogens (tertiary/aromatic N) is 5. The topological polar surface area (TPSA) is 76.6 Å². The van der Waals surface area contributed by atoms with Crippen molar-refractivity contribution in [2.24, 2.45) is 0 Å². The lowest BCUT2D eigenvalue weighted by Gasteiger charge is -2.27. The summed E-state index contributed by atoms with van der Waals surface area (Å²) in [5, 5.41) is 9.37. The van der Waals surface area contributed by atoms with Gasteiger partial charge >= 0.3 is 0 Å². The predicted molar refractivity (Wildman–Crippen MR) is 123 cm³/mol. The van der Waals surface area contributed by atoms with Crippen LogP contribution in [-0.4, -0.2) is 76.1 Å². The Bertz CT molecular complexity index is 1060. The van der Waals surface area contributed by atoms with Crippen molar-refractivity contribution in [3.05, 3.63) is 53.7 Å². The van der Waals surface area contributed by atoms with E-state index < -0.39 is 0 Å². The molecule has 176 valence electrons. The number of aryl methyl sites for hydroxylation is 1. The Balaban J connectivity index is 1.45. The molecule has 33 heavy (non-hydrogen) atoms. The maximum atomic E-state index is 13.4. The van der Waals surface area contributed by atoms with Crippen molar-refractivity contribution in [2.75, 3.05) is 45.6 Å². The number of carbonyl (C=O) groups is 1. The number of halogens is 1. The van der Waals surface area contributed by atoms with Gasteiger partial charge in [-0.2, -0.15) is 0 Å². The minimum absolute atomic E-state index is 0.0277. The molecule has 1 fully saturated rings. The van der Waals surface area contributed by atoms with E-state index >= 15 is 0 Å². The summed E-state index contributed by atoms with van der Waals surface area (Å²) < 4.78 is 26.4. The third kappa shape index (κ3) is 6.21. The molecule has 0 unspecified atom stereocenters. The summed E-state index contributed by atoms with van der Waals surface area (Å²) in [5.41, 5.74) is 0.786. The first kappa shape index (κ1) is 23.5. The largest absolute Gasteiger partial charge is 0.464 e. The predicted octanol–water partition coefficient (Wildman–Crippen LogP) is 3.07. The number of amides is 1. The summed E-state index contributed by atoms with van der Waals surface area (Å²) in [6.07, 6.45) is 0. The minimum Gasteiger partial charge on any atom is -0.464 e. The number of hydrogen-bond donors (Lipinski definition) is 0. The van der Waals surface area contributed by atoms with Gasteiger partial charge in [0.15, 0.2) is 11.0 Å². The van der Waals surface area contributed by atoms with E-state index in [0.717, 1.165) is 49.9 Å². The second-order valence-electron chi connectivity index (χ2n) is 7.97. The lowest BCUT2D eigenvalue weighted by atomic mass is 10.2. The van der Waals surface area contributed by atoms with Gasteiger partial charge in [0, 0.05) is 38.8 Å². The summed E-state index contributed by atoms with van der Waals surface area (Å²) >= 11 is 1.35. The van der Waals surface area contributed by atoms with Crippen molar-refractivity contribution in [3.63, 3.8) is 0 Å². The van der Waals surface area contributed by atoms with Gasteiger partial charge in [0.05, 0.1) is 25.5 Å². The molecule has 10 heteroatoms. The van der Waals surface area contributed by atoms with Crippen molar-refractivity contribution < 1.29 is 18.3 Å². The Morgan fingerprint density at radius 3 is 2.58 bits per heavy atom. The minimum atomic E-state index is -0.298.